The molecule has 96 valence electrons. The topological polar surface area (TPSA) is 39.7 Å². The molecule has 0 radical (unpaired) electrons. The number of hydrogen-bond donors (Lipinski definition) is 0. The summed E-state index contributed by atoms with van der Waals surface area (Å²) in [6.45, 7) is 0.833. The Hall–Kier alpha value is -2.69. The summed E-state index contributed by atoms with van der Waals surface area (Å²) in [5.74, 6) is 1.17. The summed E-state index contributed by atoms with van der Waals surface area (Å²) in [6, 6.07) is 6.20. The number of aromatic nitrogens is 5. The van der Waals surface area contributed by atoms with Crippen molar-refractivity contribution in [3.8, 4) is 11.3 Å². The molecule has 0 aliphatic carbocycles. The van der Waals surface area contributed by atoms with Crippen molar-refractivity contribution in [3.63, 3.8) is 0 Å². The van der Waals surface area contributed by atoms with Crippen molar-refractivity contribution >= 4 is 16.8 Å². The van der Waals surface area contributed by atoms with Crippen LogP contribution in [0, 0.1) is 0 Å². The molecule has 0 bridgehead atoms. The highest BCUT2D eigenvalue weighted by molar-refractivity contribution is 5.76. The van der Waals surface area contributed by atoms with Gasteiger partial charge in [-0.3, -0.25) is 9.97 Å². The van der Waals surface area contributed by atoms with Gasteiger partial charge in [-0.05, 0) is 18.2 Å². The van der Waals surface area contributed by atoms with E-state index < -0.39 is 0 Å². The molecule has 5 rings (SSSR count). The molecule has 0 atom stereocenters. The quantitative estimate of drug-likeness (QED) is 0.397. The molecule has 4 aromatic heterocycles. The second-order valence-corrected chi connectivity index (χ2v) is 5.19. The van der Waals surface area contributed by atoms with Gasteiger partial charge in [-0.2, -0.15) is 4.40 Å². The average Bonchev–Trinajstić information content (AvgIpc) is 3.09. The minimum atomic E-state index is 0.833. The van der Waals surface area contributed by atoms with Gasteiger partial charge in [-0.15, -0.1) is 0 Å². The number of rotatable bonds is 0. The molecular weight excluding hydrogens is 250 g/mol. The third-order valence-electron chi connectivity index (χ3n) is 4.17. The maximum absolute atomic E-state index is 4.48. The van der Waals surface area contributed by atoms with E-state index in [9.17, 15) is 0 Å². The number of pyridine rings is 2. The highest BCUT2D eigenvalue weighted by atomic mass is 15.3. The lowest BCUT2D eigenvalue weighted by Gasteiger charge is -1.92. The van der Waals surface area contributed by atoms with Crippen LogP contribution in [0.2, 0.25) is 0 Å². The molecule has 1 aliphatic heterocycles. The summed E-state index contributed by atoms with van der Waals surface area (Å²) in [5.41, 5.74) is 5.94. The first-order valence-electron chi connectivity index (χ1n) is 6.62. The Morgan fingerprint density at radius 3 is 3.15 bits per heavy atom. The van der Waals surface area contributed by atoms with Gasteiger partial charge in [0.15, 0.2) is 5.52 Å². The fourth-order valence-corrected chi connectivity index (χ4v) is 3.27. The molecule has 0 N–H and O–H groups in total. The van der Waals surface area contributed by atoms with Crippen LogP contribution in [0.5, 0.6) is 0 Å². The molecule has 0 amide bonds. The highest BCUT2D eigenvalue weighted by Crippen LogP contribution is 2.31. The van der Waals surface area contributed by atoms with Crippen molar-refractivity contribution in [2.45, 2.75) is 6.54 Å². The standard InChI is InChI=1S/C15H12N5/c1-18-13-7-16-6-4-12(13)20-9-14-10-3-2-5-17-11(10)8-19(14)15(18)20/h2-7,9H,8H2,1H3/q+1. The molecule has 0 unspecified atom stereocenters. The summed E-state index contributed by atoms with van der Waals surface area (Å²) in [7, 11) is 2.09. The van der Waals surface area contributed by atoms with Crippen LogP contribution in [0.25, 0.3) is 28.1 Å². The van der Waals surface area contributed by atoms with Crippen molar-refractivity contribution in [3.05, 3.63) is 48.7 Å². The number of nitrogens with zero attached hydrogens (tertiary/aromatic N) is 5. The van der Waals surface area contributed by atoms with Crippen molar-refractivity contribution in [2.24, 2.45) is 7.05 Å². The number of aryl methyl sites for hydroxylation is 1. The van der Waals surface area contributed by atoms with E-state index in [4.69, 9.17) is 0 Å². The first-order valence-corrected chi connectivity index (χ1v) is 6.62. The van der Waals surface area contributed by atoms with Gasteiger partial charge >= 0.3 is 5.78 Å². The second-order valence-electron chi connectivity index (χ2n) is 5.19. The van der Waals surface area contributed by atoms with Gasteiger partial charge < -0.3 is 0 Å². The minimum Gasteiger partial charge on any atom is -0.261 e. The van der Waals surface area contributed by atoms with Crippen molar-refractivity contribution in [1.29, 1.82) is 0 Å². The molecule has 4 aromatic rings. The number of imidazole rings is 2. The van der Waals surface area contributed by atoms with Gasteiger partial charge in [0, 0.05) is 18.0 Å². The van der Waals surface area contributed by atoms with Gasteiger partial charge in [0.2, 0.25) is 0 Å². The van der Waals surface area contributed by atoms with Crippen molar-refractivity contribution in [1.82, 2.24) is 19.1 Å². The Morgan fingerprint density at radius 2 is 2.20 bits per heavy atom. The van der Waals surface area contributed by atoms with Crippen LogP contribution in [-0.4, -0.2) is 19.1 Å². The maximum Gasteiger partial charge on any atom is 0.370 e. The Balaban J connectivity index is 1.97. The summed E-state index contributed by atoms with van der Waals surface area (Å²) < 4.78 is 6.75. The van der Waals surface area contributed by atoms with E-state index in [2.05, 4.69) is 48.9 Å². The Bertz CT molecular complexity index is 992. The zero-order valence-electron chi connectivity index (χ0n) is 11.0. The first kappa shape index (κ1) is 10.1. The number of hydrogen-bond acceptors (Lipinski definition) is 2. The van der Waals surface area contributed by atoms with E-state index in [0.717, 1.165) is 17.8 Å². The van der Waals surface area contributed by atoms with Gasteiger partial charge in [0.05, 0.1) is 18.9 Å². The zero-order valence-corrected chi connectivity index (χ0v) is 11.0. The molecule has 1 aliphatic rings. The summed E-state index contributed by atoms with van der Waals surface area (Å²) in [5, 5.41) is 0. The summed E-state index contributed by atoms with van der Waals surface area (Å²) in [6.07, 6.45) is 7.81. The lowest BCUT2D eigenvalue weighted by Crippen LogP contribution is -2.18. The normalized spacial score (nSPS) is 13.1. The van der Waals surface area contributed by atoms with E-state index in [1.165, 1.54) is 22.6 Å². The van der Waals surface area contributed by atoms with Crippen LogP contribution in [0.3, 0.4) is 0 Å². The Kier molecular flexibility index (Phi) is 1.65. The van der Waals surface area contributed by atoms with Crippen molar-refractivity contribution in [2.75, 3.05) is 0 Å². The first-order chi connectivity index (χ1) is 9.84. The van der Waals surface area contributed by atoms with Crippen LogP contribution < -0.4 is 4.40 Å². The fourth-order valence-electron chi connectivity index (χ4n) is 3.27. The number of fused-ring (bicyclic) bond motifs is 7. The van der Waals surface area contributed by atoms with Crippen molar-refractivity contribution < 1.29 is 4.40 Å². The lowest BCUT2D eigenvalue weighted by atomic mass is 10.2. The van der Waals surface area contributed by atoms with Crippen LogP contribution >= 0.6 is 0 Å². The molecule has 0 fully saturated rings. The monoisotopic (exact) mass is 262 g/mol. The third kappa shape index (κ3) is 1.02. The molecule has 0 saturated heterocycles. The van der Waals surface area contributed by atoms with E-state index in [1.54, 1.807) is 0 Å². The molecule has 5 heterocycles. The van der Waals surface area contributed by atoms with Crippen LogP contribution in [0.4, 0.5) is 0 Å². The zero-order chi connectivity index (χ0) is 13.3. The molecule has 5 heteroatoms. The molecule has 0 aromatic carbocycles. The second kappa shape index (κ2) is 3.25. The van der Waals surface area contributed by atoms with E-state index in [-0.39, 0.29) is 0 Å². The van der Waals surface area contributed by atoms with Gasteiger partial charge in [0.1, 0.15) is 24.0 Å². The highest BCUT2D eigenvalue weighted by Gasteiger charge is 2.31. The van der Waals surface area contributed by atoms with Gasteiger partial charge in [0.25, 0.3) is 0 Å². The predicted octanol–water partition coefficient (Wildman–Crippen LogP) is 1.54. The van der Waals surface area contributed by atoms with Crippen LogP contribution in [0.15, 0.2) is 43.0 Å². The molecular formula is C15H12N5+. The summed E-state index contributed by atoms with van der Waals surface area (Å²) >= 11 is 0. The Morgan fingerprint density at radius 1 is 1.25 bits per heavy atom. The van der Waals surface area contributed by atoms with Gasteiger partial charge in [-0.1, -0.05) is 0 Å². The maximum atomic E-state index is 4.48. The molecule has 20 heavy (non-hydrogen) atoms. The fraction of sp³-hybridized carbons (Fsp3) is 0.133. The largest absolute Gasteiger partial charge is 0.370 e. The summed E-state index contributed by atoms with van der Waals surface area (Å²) in [4.78, 5) is 8.71. The van der Waals surface area contributed by atoms with Crippen LogP contribution in [0.1, 0.15) is 5.69 Å². The van der Waals surface area contributed by atoms with Crippen LogP contribution in [-0.2, 0) is 13.6 Å². The van der Waals surface area contributed by atoms with Gasteiger partial charge in [-0.25, -0.2) is 9.13 Å². The molecule has 0 saturated carbocycles. The lowest BCUT2D eigenvalue weighted by molar-refractivity contribution is -0.480. The van der Waals surface area contributed by atoms with E-state index in [0.29, 0.717) is 0 Å². The molecule has 0 spiro atoms. The average molecular weight is 262 g/mol. The SMILES string of the molecule is Cn1c2cnccc2[n+]2cc3n(c12)Cc1ncccc1-3. The Labute approximate surface area is 114 Å². The minimum absolute atomic E-state index is 0.833. The van der Waals surface area contributed by atoms with E-state index in [1.807, 2.05) is 24.7 Å². The smallest absolute Gasteiger partial charge is 0.261 e. The third-order valence-corrected chi connectivity index (χ3v) is 4.17. The predicted molar refractivity (Wildman–Crippen MR) is 74.2 cm³/mol. The van der Waals surface area contributed by atoms with E-state index >= 15 is 0 Å². The molecule has 5 nitrogen and oxygen atoms in total.